The molecular weight excluding hydrogens is 434 g/mol. The molecule has 0 saturated carbocycles. The van der Waals surface area contributed by atoms with E-state index >= 15 is 0 Å². The lowest BCUT2D eigenvalue weighted by Crippen LogP contribution is -2.16. The molecule has 0 saturated heterocycles. The van der Waals surface area contributed by atoms with Gasteiger partial charge in [-0.2, -0.15) is 0 Å². The molecule has 0 aliphatic heterocycles. The summed E-state index contributed by atoms with van der Waals surface area (Å²) in [6, 6.07) is 13.1. The number of carbonyl (C=O) groups excluding carboxylic acids is 1. The van der Waals surface area contributed by atoms with Crippen molar-refractivity contribution in [2.75, 3.05) is 10.0 Å². The summed E-state index contributed by atoms with van der Waals surface area (Å²) in [5.41, 5.74) is 2.05. The van der Waals surface area contributed by atoms with Crippen molar-refractivity contribution in [2.45, 2.75) is 18.7 Å². The summed E-state index contributed by atoms with van der Waals surface area (Å²) in [6.45, 7) is 3.47. The summed E-state index contributed by atoms with van der Waals surface area (Å²) in [6.07, 6.45) is 2.66. The van der Waals surface area contributed by atoms with Crippen molar-refractivity contribution in [2.24, 2.45) is 0 Å². The Morgan fingerprint density at radius 1 is 1.03 bits per heavy atom. The minimum absolute atomic E-state index is 0.0221. The molecule has 164 valence electrons. The van der Waals surface area contributed by atoms with E-state index in [1.165, 1.54) is 54.6 Å². The number of nitro groups is 1. The van der Waals surface area contributed by atoms with Crippen molar-refractivity contribution in [1.82, 2.24) is 9.97 Å². The van der Waals surface area contributed by atoms with Crippen molar-refractivity contribution in [3.05, 3.63) is 87.7 Å². The maximum absolute atomic E-state index is 12.6. The maximum atomic E-state index is 12.6. The third-order valence-corrected chi connectivity index (χ3v) is 5.49. The Balaban J connectivity index is 1.66. The van der Waals surface area contributed by atoms with Gasteiger partial charge in [0.15, 0.2) is 0 Å². The molecule has 0 atom stereocenters. The van der Waals surface area contributed by atoms with Crippen LogP contribution in [0.5, 0.6) is 0 Å². The fourth-order valence-corrected chi connectivity index (χ4v) is 3.71. The van der Waals surface area contributed by atoms with E-state index in [1.807, 2.05) is 0 Å². The zero-order valence-electron chi connectivity index (χ0n) is 17.1. The summed E-state index contributed by atoms with van der Waals surface area (Å²) < 4.78 is 27.4. The van der Waals surface area contributed by atoms with Gasteiger partial charge >= 0.3 is 0 Å². The fourth-order valence-electron chi connectivity index (χ4n) is 2.77. The first-order valence-electron chi connectivity index (χ1n) is 9.31. The minimum atomic E-state index is -3.91. The minimum Gasteiger partial charge on any atom is -0.323 e. The van der Waals surface area contributed by atoms with Crippen LogP contribution in [-0.2, 0) is 14.8 Å². The van der Waals surface area contributed by atoms with Crippen LogP contribution in [0.25, 0.3) is 6.08 Å². The number of anilines is 2. The zero-order valence-corrected chi connectivity index (χ0v) is 18.0. The highest BCUT2D eigenvalue weighted by atomic mass is 32.2. The lowest BCUT2D eigenvalue weighted by Gasteiger charge is -2.09. The van der Waals surface area contributed by atoms with Gasteiger partial charge in [-0.1, -0.05) is 12.1 Å². The number of carbonyl (C=O) groups is 1. The molecule has 0 spiro atoms. The van der Waals surface area contributed by atoms with E-state index in [1.54, 1.807) is 26.0 Å². The number of hydrogen-bond donors (Lipinski definition) is 2. The molecule has 32 heavy (non-hydrogen) atoms. The number of hydrogen-bond acceptors (Lipinski definition) is 7. The molecule has 1 heterocycles. The molecule has 0 radical (unpaired) electrons. The Kier molecular flexibility index (Phi) is 6.59. The number of nitrogens with one attached hydrogen (secondary N) is 2. The number of nitro benzene ring substituents is 1. The van der Waals surface area contributed by atoms with Gasteiger partial charge in [0.05, 0.1) is 9.82 Å². The van der Waals surface area contributed by atoms with Gasteiger partial charge in [-0.25, -0.2) is 23.1 Å². The van der Waals surface area contributed by atoms with Crippen LogP contribution in [-0.4, -0.2) is 29.2 Å². The van der Waals surface area contributed by atoms with E-state index in [4.69, 9.17) is 0 Å². The summed E-state index contributed by atoms with van der Waals surface area (Å²) in [4.78, 5) is 30.5. The van der Waals surface area contributed by atoms with E-state index in [-0.39, 0.29) is 16.5 Å². The third kappa shape index (κ3) is 5.95. The Morgan fingerprint density at radius 3 is 2.31 bits per heavy atom. The predicted octanol–water partition coefficient (Wildman–Crippen LogP) is 3.45. The quantitative estimate of drug-likeness (QED) is 0.317. The Morgan fingerprint density at radius 2 is 1.69 bits per heavy atom. The van der Waals surface area contributed by atoms with E-state index in [0.29, 0.717) is 22.6 Å². The highest BCUT2D eigenvalue weighted by Crippen LogP contribution is 2.18. The Labute approximate surface area is 184 Å². The molecule has 2 aromatic carbocycles. The van der Waals surface area contributed by atoms with Gasteiger partial charge in [-0.05, 0) is 55.8 Å². The topological polar surface area (TPSA) is 144 Å². The average Bonchev–Trinajstić information content (AvgIpc) is 2.72. The highest BCUT2D eigenvalue weighted by molar-refractivity contribution is 7.92. The van der Waals surface area contributed by atoms with Crippen LogP contribution in [0, 0.1) is 24.0 Å². The molecule has 0 unspecified atom stereocenters. The first-order chi connectivity index (χ1) is 15.1. The van der Waals surface area contributed by atoms with Crippen molar-refractivity contribution in [3.8, 4) is 0 Å². The Hall–Kier alpha value is -4.12. The van der Waals surface area contributed by atoms with E-state index in [2.05, 4.69) is 20.0 Å². The predicted molar refractivity (Wildman–Crippen MR) is 120 cm³/mol. The first-order valence-corrected chi connectivity index (χ1v) is 10.8. The van der Waals surface area contributed by atoms with Crippen LogP contribution >= 0.6 is 0 Å². The van der Waals surface area contributed by atoms with Crippen LogP contribution in [0.1, 0.15) is 17.0 Å². The molecule has 11 heteroatoms. The average molecular weight is 453 g/mol. The van der Waals surface area contributed by atoms with Crippen molar-refractivity contribution < 1.29 is 18.1 Å². The summed E-state index contributed by atoms with van der Waals surface area (Å²) >= 11 is 0. The number of non-ortho nitro benzene ring substituents is 1. The second-order valence-electron chi connectivity index (χ2n) is 6.78. The normalized spacial score (nSPS) is 11.3. The second-order valence-corrected chi connectivity index (χ2v) is 8.46. The van der Waals surface area contributed by atoms with Crippen molar-refractivity contribution in [1.29, 1.82) is 0 Å². The molecule has 0 aliphatic rings. The van der Waals surface area contributed by atoms with Gasteiger partial charge in [0.2, 0.25) is 11.9 Å². The highest BCUT2D eigenvalue weighted by Gasteiger charge is 2.16. The maximum Gasteiger partial charge on any atom is 0.270 e. The second kappa shape index (κ2) is 9.35. The summed E-state index contributed by atoms with van der Waals surface area (Å²) in [5.74, 6) is -0.500. The Bertz CT molecular complexity index is 1280. The monoisotopic (exact) mass is 453 g/mol. The number of sulfonamides is 1. The number of rotatable bonds is 7. The fraction of sp³-hybridized carbons (Fsp3) is 0.0952. The number of benzene rings is 2. The molecule has 2 N–H and O–H groups in total. The molecule has 10 nitrogen and oxygen atoms in total. The molecule has 0 fully saturated rings. The lowest BCUT2D eigenvalue weighted by atomic mass is 10.2. The van der Waals surface area contributed by atoms with Gasteiger partial charge in [-0.15, -0.1) is 0 Å². The third-order valence-electron chi connectivity index (χ3n) is 4.15. The smallest absolute Gasteiger partial charge is 0.270 e. The standard InChI is InChI=1S/C21H19N5O5S/c1-14-12-15(2)23-21(22-14)25-32(30,31)19-9-7-17(8-10-19)24-20(27)11-6-16-4-3-5-18(13-16)26(28)29/h3-13H,1-2H3,(H,24,27)(H,22,23,25)/b11-6+. The number of aryl methyl sites for hydroxylation is 2. The van der Waals surface area contributed by atoms with Crippen LogP contribution in [0.2, 0.25) is 0 Å². The SMILES string of the molecule is Cc1cc(C)nc(NS(=O)(=O)c2ccc(NC(=O)/C=C/c3cccc([N+](=O)[O-])c3)cc2)n1. The van der Waals surface area contributed by atoms with Gasteiger partial charge in [0, 0.05) is 35.3 Å². The summed E-state index contributed by atoms with van der Waals surface area (Å²) in [5, 5.41) is 13.4. The molecule has 3 rings (SSSR count). The molecular formula is C21H19N5O5S. The van der Waals surface area contributed by atoms with Gasteiger partial charge < -0.3 is 5.32 Å². The van der Waals surface area contributed by atoms with Crippen LogP contribution < -0.4 is 10.0 Å². The number of amides is 1. The summed E-state index contributed by atoms with van der Waals surface area (Å²) in [7, 11) is -3.91. The first kappa shape index (κ1) is 22.6. The molecule has 1 aromatic heterocycles. The van der Waals surface area contributed by atoms with Crippen LogP contribution in [0.3, 0.4) is 0 Å². The van der Waals surface area contributed by atoms with Gasteiger partial charge in [0.25, 0.3) is 15.7 Å². The van der Waals surface area contributed by atoms with Crippen molar-refractivity contribution >= 4 is 39.3 Å². The van der Waals surface area contributed by atoms with Crippen LogP contribution in [0.4, 0.5) is 17.3 Å². The lowest BCUT2D eigenvalue weighted by molar-refractivity contribution is -0.384. The largest absolute Gasteiger partial charge is 0.323 e. The van der Waals surface area contributed by atoms with Crippen molar-refractivity contribution in [3.63, 3.8) is 0 Å². The number of nitrogens with zero attached hydrogens (tertiary/aromatic N) is 3. The van der Waals surface area contributed by atoms with E-state index in [0.717, 1.165) is 0 Å². The zero-order chi connectivity index (χ0) is 23.3. The van der Waals surface area contributed by atoms with Crippen LogP contribution in [0.15, 0.2) is 65.6 Å². The van der Waals surface area contributed by atoms with Gasteiger partial charge in [0.1, 0.15) is 0 Å². The van der Waals surface area contributed by atoms with E-state index in [9.17, 15) is 23.3 Å². The van der Waals surface area contributed by atoms with Gasteiger partial charge in [-0.3, -0.25) is 14.9 Å². The molecule has 3 aromatic rings. The van der Waals surface area contributed by atoms with E-state index < -0.39 is 20.9 Å². The molecule has 1 amide bonds. The molecule has 0 bridgehead atoms. The number of aromatic nitrogens is 2. The molecule has 0 aliphatic carbocycles.